The van der Waals surface area contributed by atoms with Gasteiger partial charge in [-0.2, -0.15) is 9.78 Å². The summed E-state index contributed by atoms with van der Waals surface area (Å²) in [4.78, 5) is 28.4. The van der Waals surface area contributed by atoms with Gasteiger partial charge in [-0.15, -0.1) is 0 Å². The number of hydrogen-bond donors (Lipinski definition) is 1. The quantitative estimate of drug-likeness (QED) is 0.236. The first kappa shape index (κ1) is 23.1. The van der Waals surface area contributed by atoms with Gasteiger partial charge in [-0.25, -0.2) is 9.78 Å². The molecule has 0 bridgehead atoms. The number of rotatable bonds is 6. The number of carboxylic acids is 1. The van der Waals surface area contributed by atoms with E-state index in [4.69, 9.17) is 9.84 Å². The largest absolute Gasteiger partial charge is 0.488 e. The van der Waals surface area contributed by atoms with E-state index in [1.807, 2.05) is 30.3 Å². The maximum atomic E-state index is 12.9. The highest BCUT2D eigenvalue weighted by molar-refractivity contribution is 14.1. The standard InChI is InChI=1S/C24H17BrIN3O4/c1-14-28-21-7-6-18(25)11-19(21)23(30)29(14)27-12-15-5-8-22(20(26)10-15)33-13-16-3-2-4-17(9-16)24(31)32/h2-12H,13H2,1H3,(H,31,32). The number of aryl methyl sites for hydroxylation is 1. The average Bonchev–Trinajstić information content (AvgIpc) is 2.79. The first-order chi connectivity index (χ1) is 15.8. The molecule has 0 atom stereocenters. The third kappa shape index (κ3) is 5.31. The topological polar surface area (TPSA) is 93.8 Å². The van der Waals surface area contributed by atoms with E-state index in [0.29, 0.717) is 22.5 Å². The van der Waals surface area contributed by atoms with Crippen molar-refractivity contribution in [1.29, 1.82) is 0 Å². The Hall–Kier alpha value is -3.05. The molecular weight excluding hydrogens is 601 g/mol. The molecular formula is C24H17BrIN3O4. The minimum atomic E-state index is -0.973. The molecule has 1 aromatic heterocycles. The minimum Gasteiger partial charge on any atom is -0.488 e. The number of carbonyl (C=O) groups is 1. The van der Waals surface area contributed by atoms with Crippen LogP contribution in [-0.2, 0) is 6.61 Å². The molecule has 9 heteroatoms. The summed E-state index contributed by atoms with van der Waals surface area (Å²) in [6.07, 6.45) is 1.60. The van der Waals surface area contributed by atoms with E-state index in [-0.39, 0.29) is 17.7 Å². The van der Waals surface area contributed by atoms with Crippen molar-refractivity contribution in [3.63, 3.8) is 0 Å². The number of aromatic nitrogens is 2. The summed E-state index contributed by atoms with van der Waals surface area (Å²) in [6, 6.07) is 17.5. The van der Waals surface area contributed by atoms with Crippen LogP contribution in [0.3, 0.4) is 0 Å². The SMILES string of the molecule is Cc1nc2ccc(Br)cc2c(=O)n1N=Cc1ccc(OCc2cccc(C(=O)O)c2)c(I)c1. The fourth-order valence-corrected chi connectivity index (χ4v) is 4.25. The smallest absolute Gasteiger partial charge is 0.335 e. The summed E-state index contributed by atoms with van der Waals surface area (Å²) in [7, 11) is 0. The van der Waals surface area contributed by atoms with E-state index in [2.05, 4.69) is 48.6 Å². The summed E-state index contributed by atoms with van der Waals surface area (Å²) in [5.74, 6) is 0.182. The minimum absolute atomic E-state index is 0.221. The lowest BCUT2D eigenvalue weighted by atomic mass is 10.1. The molecule has 33 heavy (non-hydrogen) atoms. The van der Waals surface area contributed by atoms with Gasteiger partial charge in [-0.1, -0.05) is 28.1 Å². The van der Waals surface area contributed by atoms with Gasteiger partial charge in [0.15, 0.2) is 0 Å². The Balaban J connectivity index is 1.53. The normalized spacial score (nSPS) is 11.2. The highest BCUT2D eigenvalue weighted by Crippen LogP contribution is 2.23. The molecule has 0 radical (unpaired) electrons. The number of halogens is 2. The van der Waals surface area contributed by atoms with Crippen LogP contribution < -0.4 is 10.3 Å². The Kier molecular flexibility index (Phi) is 6.89. The van der Waals surface area contributed by atoms with Gasteiger partial charge in [0.2, 0.25) is 0 Å². The third-order valence-electron chi connectivity index (χ3n) is 4.82. The van der Waals surface area contributed by atoms with Crippen molar-refractivity contribution in [2.45, 2.75) is 13.5 Å². The molecule has 0 saturated heterocycles. The number of ether oxygens (including phenoxy) is 1. The van der Waals surface area contributed by atoms with Gasteiger partial charge in [0.1, 0.15) is 18.2 Å². The van der Waals surface area contributed by atoms with Crippen LogP contribution in [0.4, 0.5) is 0 Å². The number of aromatic carboxylic acids is 1. The molecule has 3 aromatic carbocycles. The van der Waals surface area contributed by atoms with E-state index >= 15 is 0 Å². The number of fused-ring (bicyclic) bond motifs is 1. The highest BCUT2D eigenvalue weighted by Gasteiger charge is 2.09. The Morgan fingerprint density at radius 1 is 1.21 bits per heavy atom. The second-order valence-corrected chi connectivity index (χ2v) is 9.24. The molecule has 4 aromatic rings. The van der Waals surface area contributed by atoms with Gasteiger partial charge in [-0.05, 0) is 89.2 Å². The number of nitrogens with zero attached hydrogens (tertiary/aromatic N) is 3. The average molecular weight is 618 g/mol. The monoisotopic (exact) mass is 617 g/mol. The molecule has 1 heterocycles. The van der Waals surface area contributed by atoms with E-state index in [1.165, 1.54) is 4.68 Å². The molecule has 0 saturated carbocycles. The Morgan fingerprint density at radius 3 is 2.79 bits per heavy atom. The Bertz CT molecular complexity index is 1470. The molecule has 0 spiro atoms. The second kappa shape index (κ2) is 9.84. The van der Waals surface area contributed by atoms with Crippen molar-refractivity contribution in [2.75, 3.05) is 0 Å². The van der Waals surface area contributed by atoms with Gasteiger partial charge < -0.3 is 9.84 Å². The second-order valence-electron chi connectivity index (χ2n) is 7.17. The van der Waals surface area contributed by atoms with Crippen LogP contribution in [0.1, 0.15) is 27.3 Å². The number of hydrogen-bond acceptors (Lipinski definition) is 5. The maximum Gasteiger partial charge on any atom is 0.335 e. The van der Waals surface area contributed by atoms with E-state index < -0.39 is 5.97 Å². The molecule has 0 fully saturated rings. The predicted octanol–water partition coefficient (Wildman–Crippen LogP) is 5.23. The summed E-state index contributed by atoms with van der Waals surface area (Å²) in [6.45, 7) is 1.98. The first-order valence-corrected chi connectivity index (χ1v) is 11.7. The molecule has 0 aliphatic rings. The van der Waals surface area contributed by atoms with Gasteiger partial charge in [0.05, 0.1) is 26.3 Å². The summed E-state index contributed by atoms with van der Waals surface area (Å²) >= 11 is 5.55. The van der Waals surface area contributed by atoms with Crippen molar-refractivity contribution in [3.8, 4) is 5.75 Å². The van der Waals surface area contributed by atoms with E-state index in [9.17, 15) is 9.59 Å². The maximum absolute atomic E-state index is 12.9. The van der Waals surface area contributed by atoms with Crippen LogP contribution in [-0.4, -0.2) is 27.0 Å². The zero-order chi connectivity index (χ0) is 23.5. The lowest BCUT2D eigenvalue weighted by Crippen LogP contribution is -2.20. The highest BCUT2D eigenvalue weighted by atomic mass is 127. The fraction of sp³-hybridized carbons (Fsp3) is 0.0833. The molecule has 4 rings (SSSR count). The number of carboxylic acid groups (broad SMARTS) is 1. The van der Waals surface area contributed by atoms with E-state index in [0.717, 1.165) is 19.2 Å². The van der Waals surface area contributed by atoms with Crippen molar-refractivity contribution in [3.05, 3.63) is 102 Å². The van der Waals surface area contributed by atoms with Crippen LogP contribution in [0.5, 0.6) is 5.75 Å². The van der Waals surface area contributed by atoms with Crippen LogP contribution in [0.2, 0.25) is 0 Å². The summed E-state index contributed by atoms with van der Waals surface area (Å²) in [5, 5.41) is 14.0. The fourth-order valence-electron chi connectivity index (χ4n) is 3.19. The third-order valence-corrected chi connectivity index (χ3v) is 6.15. The lowest BCUT2D eigenvalue weighted by molar-refractivity contribution is 0.0696. The van der Waals surface area contributed by atoms with Gasteiger partial charge in [0.25, 0.3) is 5.56 Å². The van der Waals surface area contributed by atoms with Gasteiger partial charge >= 0.3 is 5.97 Å². The van der Waals surface area contributed by atoms with Crippen LogP contribution in [0.25, 0.3) is 10.9 Å². The molecule has 1 N–H and O–H groups in total. The van der Waals surface area contributed by atoms with Crippen molar-refractivity contribution < 1.29 is 14.6 Å². The van der Waals surface area contributed by atoms with E-state index in [1.54, 1.807) is 43.5 Å². The van der Waals surface area contributed by atoms with Crippen molar-refractivity contribution in [2.24, 2.45) is 5.10 Å². The van der Waals surface area contributed by atoms with Gasteiger partial charge in [0, 0.05) is 4.47 Å². The lowest BCUT2D eigenvalue weighted by Gasteiger charge is -2.10. The van der Waals surface area contributed by atoms with Crippen LogP contribution in [0, 0.1) is 10.5 Å². The summed E-state index contributed by atoms with van der Waals surface area (Å²) < 4.78 is 8.79. The van der Waals surface area contributed by atoms with Crippen molar-refractivity contribution >= 4 is 61.6 Å². The first-order valence-electron chi connectivity index (χ1n) is 9.79. The molecule has 0 amide bonds. The predicted molar refractivity (Wildman–Crippen MR) is 138 cm³/mol. The molecule has 7 nitrogen and oxygen atoms in total. The molecule has 166 valence electrons. The zero-order valence-corrected chi connectivity index (χ0v) is 21.1. The molecule has 0 aliphatic heterocycles. The van der Waals surface area contributed by atoms with Crippen LogP contribution >= 0.6 is 38.5 Å². The van der Waals surface area contributed by atoms with Crippen LogP contribution in [0.15, 0.2) is 75.0 Å². The zero-order valence-electron chi connectivity index (χ0n) is 17.3. The molecule has 0 unspecified atom stereocenters. The summed E-state index contributed by atoms with van der Waals surface area (Å²) in [5.41, 5.74) is 2.16. The van der Waals surface area contributed by atoms with Crippen molar-refractivity contribution in [1.82, 2.24) is 9.66 Å². The molecule has 0 aliphatic carbocycles. The Labute approximate surface area is 211 Å². The van der Waals surface area contributed by atoms with Gasteiger partial charge in [-0.3, -0.25) is 4.79 Å². The number of benzene rings is 3. The Morgan fingerprint density at radius 2 is 2.03 bits per heavy atom.